The van der Waals surface area contributed by atoms with Gasteiger partial charge in [-0.05, 0) is 24.4 Å². The lowest BCUT2D eigenvalue weighted by Gasteiger charge is -2.21. The van der Waals surface area contributed by atoms with Crippen molar-refractivity contribution in [3.63, 3.8) is 0 Å². The monoisotopic (exact) mass is 286 g/mol. The zero-order valence-electron chi connectivity index (χ0n) is 9.73. The van der Waals surface area contributed by atoms with Crippen molar-refractivity contribution in [1.29, 1.82) is 0 Å². The second-order valence-corrected chi connectivity index (χ2v) is 4.19. The molecule has 9 nitrogen and oxygen atoms in total. The average molecular weight is 287 g/mol. The number of azide groups is 1. The van der Waals surface area contributed by atoms with Gasteiger partial charge in [-0.25, -0.2) is 4.79 Å². The van der Waals surface area contributed by atoms with Crippen molar-refractivity contribution in [3.8, 4) is 0 Å². The number of nitrogens with zero attached hydrogens (tertiary/aromatic N) is 5. The Bertz CT molecular complexity index is 571. The molecule has 1 saturated heterocycles. The van der Waals surface area contributed by atoms with Crippen LogP contribution in [-0.4, -0.2) is 27.0 Å². The minimum Gasteiger partial charge on any atom is -0.393 e. The smallest absolute Gasteiger partial charge is 0.351 e. The number of hydrogen-bond acceptors (Lipinski definition) is 6. The number of ether oxygens (including phenoxy) is 1. The Hall–Kier alpha value is -1.80. The minimum atomic E-state index is -1.32. The largest absolute Gasteiger partial charge is 0.393 e. The van der Waals surface area contributed by atoms with E-state index in [2.05, 4.69) is 19.8 Å². The van der Waals surface area contributed by atoms with Crippen molar-refractivity contribution in [2.24, 2.45) is 5.11 Å². The summed E-state index contributed by atoms with van der Waals surface area (Å²) in [6.07, 6.45) is 1.57. The molecule has 2 rings (SSSR count). The maximum Gasteiger partial charge on any atom is 0.351 e. The molecule has 2 N–H and O–H groups in total. The number of aliphatic hydroxyl groups is 1. The standard InChI is InChI=1S/C9H11ClN6O3/c10-13-6-2-4-16(8(18)12-6)7-1-3-9(5-17,19-7)14-15-11/h2,4,7,17H,1,3,5H2,(H,12,13,18)/t7?,9-/m0/s1. The number of hydrogen-bond donors (Lipinski definition) is 2. The van der Waals surface area contributed by atoms with E-state index >= 15 is 0 Å². The molecule has 1 unspecified atom stereocenters. The molecule has 1 aromatic rings. The molecule has 19 heavy (non-hydrogen) atoms. The van der Waals surface area contributed by atoms with E-state index in [4.69, 9.17) is 22.0 Å². The first-order valence-electron chi connectivity index (χ1n) is 5.45. The summed E-state index contributed by atoms with van der Waals surface area (Å²) in [5, 5.41) is 12.7. The van der Waals surface area contributed by atoms with Gasteiger partial charge in [0.25, 0.3) is 0 Å². The van der Waals surface area contributed by atoms with Crippen molar-refractivity contribution in [2.45, 2.75) is 24.8 Å². The first-order chi connectivity index (χ1) is 9.14. The van der Waals surface area contributed by atoms with Crippen LogP contribution in [0.5, 0.6) is 0 Å². The van der Waals surface area contributed by atoms with Crippen molar-refractivity contribution in [2.75, 3.05) is 11.4 Å². The maximum absolute atomic E-state index is 11.8. The lowest BCUT2D eigenvalue weighted by Crippen LogP contribution is -2.32. The first-order valence-corrected chi connectivity index (χ1v) is 5.83. The van der Waals surface area contributed by atoms with E-state index < -0.39 is 24.2 Å². The number of aliphatic hydroxyl groups excluding tert-OH is 1. The highest BCUT2D eigenvalue weighted by Crippen LogP contribution is 2.36. The molecule has 1 aromatic heterocycles. The van der Waals surface area contributed by atoms with Gasteiger partial charge in [-0.2, -0.15) is 4.98 Å². The van der Waals surface area contributed by atoms with Gasteiger partial charge in [-0.1, -0.05) is 5.11 Å². The summed E-state index contributed by atoms with van der Waals surface area (Å²) < 4.78 is 6.73. The molecule has 1 fully saturated rings. The third kappa shape index (κ3) is 2.64. The van der Waals surface area contributed by atoms with Gasteiger partial charge in [-0.15, -0.1) is 0 Å². The van der Waals surface area contributed by atoms with Gasteiger partial charge in [0.2, 0.25) is 0 Å². The number of aromatic nitrogens is 2. The highest BCUT2D eigenvalue weighted by atomic mass is 35.5. The highest BCUT2D eigenvalue weighted by molar-refractivity contribution is 6.23. The number of rotatable bonds is 4. The second-order valence-electron chi connectivity index (χ2n) is 4.00. The maximum atomic E-state index is 11.8. The number of nitrogens with one attached hydrogen (secondary N) is 1. The first kappa shape index (κ1) is 13.6. The molecule has 0 bridgehead atoms. The predicted octanol–water partition coefficient (Wildman–Crippen LogP) is 1.12. The van der Waals surface area contributed by atoms with Crippen LogP contribution in [0.3, 0.4) is 0 Å². The van der Waals surface area contributed by atoms with Crippen LogP contribution < -0.4 is 10.5 Å². The van der Waals surface area contributed by atoms with Crippen LogP contribution in [-0.2, 0) is 4.74 Å². The predicted molar refractivity (Wildman–Crippen MR) is 66.3 cm³/mol. The molecule has 0 amide bonds. The Kier molecular flexibility index (Phi) is 3.91. The van der Waals surface area contributed by atoms with Gasteiger partial charge in [0.05, 0.1) is 6.61 Å². The summed E-state index contributed by atoms with van der Waals surface area (Å²) in [5.74, 6) is 0.226. The molecule has 1 aliphatic rings. The minimum absolute atomic E-state index is 0.226. The summed E-state index contributed by atoms with van der Waals surface area (Å²) in [6, 6.07) is 1.50. The van der Waals surface area contributed by atoms with E-state index in [-0.39, 0.29) is 5.82 Å². The van der Waals surface area contributed by atoms with Gasteiger partial charge < -0.3 is 9.84 Å². The van der Waals surface area contributed by atoms with E-state index in [0.29, 0.717) is 12.8 Å². The summed E-state index contributed by atoms with van der Waals surface area (Å²) in [7, 11) is 0. The fourth-order valence-corrected chi connectivity index (χ4v) is 2.01. The van der Waals surface area contributed by atoms with Gasteiger partial charge in [0.1, 0.15) is 12.0 Å². The zero-order valence-corrected chi connectivity index (χ0v) is 10.5. The SMILES string of the molecule is [N-]=[N+]=N[C@@]1(CO)CCC(n2ccc(NCl)nc2=O)O1. The summed E-state index contributed by atoms with van der Waals surface area (Å²) in [5.41, 5.74) is 6.60. The van der Waals surface area contributed by atoms with Crippen molar-refractivity contribution in [1.82, 2.24) is 9.55 Å². The van der Waals surface area contributed by atoms with Gasteiger partial charge in [0, 0.05) is 22.9 Å². The highest BCUT2D eigenvalue weighted by Gasteiger charge is 2.40. The van der Waals surface area contributed by atoms with Crippen molar-refractivity contribution >= 4 is 17.6 Å². The normalized spacial score (nSPS) is 25.9. The topological polar surface area (TPSA) is 125 Å². The van der Waals surface area contributed by atoms with Crippen LogP contribution in [0.1, 0.15) is 19.1 Å². The molecular weight excluding hydrogens is 276 g/mol. The molecule has 2 heterocycles. The Morgan fingerprint density at radius 3 is 3.21 bits per heavy atom. The molecule has 0 radical (unpaired) electrons. The van der Waals surface area contributed by atoms with E-state index in [1.54, 1.807) is 0 Å². The molecule has 0 aromatic carbocycles. The van der Waals surface area contributed by atoms with E-state index in [1.807, 2.05) is 0 Å². The van der Waals surface area contributed by atoms with Crippen LogP contribution in [0.4, 0.5) is 5.82 Å². The molecule has 0 aliphatic carbocycles. The van der Waals surface area contributed by atoms with Gasteiger partial charge in [0.15, 0.2) is 5.72 Å². The molecule has 10 heteroatoms. The Morgan fingerprint density at radius 2 is 2.63 bits per heavy atom. The molecule has 102 valence electrons. The van der Waals surface area contributed by atoms with E-state index in [1.165, 1.54) is 16.8 Å². The Labute approximate surface area is 112 Å². The molecule has 0 saturated carbocycles. The number of halogens is 1. The van der Waals surface area contributed by atoms with Gasteiger partial charge in [-0.3, -0.25) is 9.40 Å². The summed E-state index contributed by atoms with van der Waals surface area (Å²) in [4.78, 5) is 20.3. The van der Waals surface area contributed by atoms with E-state index in [9.17, 15) is 9.90 Å². The Balaban J connectivity index is 2.26. The van der Waals surface area contributed by atoms with Crippen LogP contribution in [0.2, 0.25) is 0 Å². The molecule has 0 spiro atoms. The second kappa shape index (κ2) is 5.45. The van der Waals surface area contributed by atoms with E-state index in [0.717, 1.165) is 0 Å². The zero-order chi connectivity index (χ0) is 13.9. The number of anilines is 1. The van der Waals surface area contributed by atoms with Crippen LogP contribution >= 0.6 is 11.8 Å². The fraction of sp³-hybridized carbons (Fsp3) is 0.556. The molecule has 1 aliphatic heterocycles. The molecule has 2 atom stereocenters. The summed E-state index contributed by atoms with van der Waals surface area (Å²) >= 11 is 5.34. The van der Waals surface area contributed by atoms with Crippen LogP contribution in [0.25, 0.3) is 10.4 Å². The third-order valence-corrected chi connectivity index (χ3v) is 3.04. The summed E-state index contributed by atoms with van der Waals surface area (Å²) in [6.45, 7) is -0.447. The quantitative estimate of drug-likeness (QED) is 0.371. The van der Waals surface area contributed by atoms with Crippen molar-refractivity contribution in [3.05, 3.63) is 33.2 Å². The van der Waals surface area contributed by atoms with Gasteiger partial charge >= 0.3 is 5.69 Å². The van der Waals surface area contributed by atoms with Crippen LogP contribution in [0, 0.1) is 0 Å². The average Bonchev–Trinajstić information content (AvgIpc) is 2.83. The fourth-order valence-electron chi connectivity index (χ4n) is 1.90. The Morgan fingerprint density at radius 1 is 1.84 bits per heavy atom. The molecular formula is C9H11ClN6O3. The lowest BCUT2D eigenvalue weighted by atomic mass is 10.1. The third-order valence-electron chi connectivity index (χ3n) is 2.85. The van der Waals surface area contributed by atoms with Crippen LogP contribution in [0.15, 0.2) is 22.2 Å². The lowest BCUT2D eigenvalue weighted by molar-refractivity contribution is -0.0950. The van der Waals surface area contributed by atoms with Crippen molar-refractivity contribution < 1.29 is 9.84 Å².